The first kappa shape index (κ1) is 16.4. The minimum Gasteiger partial charge on any atom is -0.463 e. The van der Waals surface area contributed by atoms with E-state index < -0.39 is 0 Å². The molecule has 5 heteroatoms. The summed E-state index contributed by atoms with van der Waals surface area (Å²) in [7, 11) is 0. The summed E-state index contributed by atoms with van der Waals surface area (Å²) in [4.78, 5) is 20.9. The summed E-state index contributed by atoms with van der Waals surface area (Å²) in [6.45, 7) is 11.8. The topological polar surface area (TPSA) is 65.1 Å². The highest BCUT2D eigenvalue weighted by atomic mass is 16.6. The third-order valence-corrected chi connectivity index (χ3v) is 1.77. The van der Waals surface area contributed by atoms with Crippen LogP contribution in [0, 0.1) is 0 Å². The Morgan fingerprint density at radius 1 is 1.44 bits per heavy atom. The number of epoxide rings is 1. The van der Waals surface area contributed by atoms with Gasteiger partial charge >= 0.3 is 11.9 Å². The third-order valence-electron chi connectivity index (χ3n) is 1.77. The molecule has 1 heterocycles. The van der Waals surface area contributed by atoms with Crippen molar-refractivity contribution in [3.8, 4) is 0 Å². The molecule has 102 valence electrons. The standard InChI is InChI=1S/C7H10O3.C6H10O2/c1-5(2)7(8)10-4-6-3-9-6;1-3-5-8-6(7)4-2/h6H,1,3-4H2,2H3;4H,2-3,5H2,1H3. The molecular weight excluding hydrogens is 236 g/mol. The molecule has 1 fully saturated rings. The van der Waals surface area contributed by atoms with E-state index in [1.165, 1.54) is 0 Å². The van der Waals surface area contributed by atoms with Crippen molar-refractivity contribution in [3.05, 3.63) is 24.8 Å². The minimum absolute atomic E-state index is 0.142. The van der Waals surface area contributed by atoms with E-state index in [0.717, 1.165) is 12.5 Å². The second kappa shape index (κ2) is 9.41. The summed E-state index contributed by atoms with van der Waals surface area (Å²) < 4.78 is 14.2. The van der Waals surface area contributed by atoms with Gasteiger partial charge in [-0.15, -0.1) is 0 Å². The molecule has 5 nitrogen and oxygen atoms in total. The highest BCUT2D eigenvalue weighted by molar-refractivity contribution is 5.86. The Labute approximate surface area is 107 Å². The van der Waals surface area contributed by atoms with Crippen LogP contribution >= 0.6 is 0 Å². The zero-order valence-electron chi connectivity index (χ0n) is 10.9. The normalized spacial score (nSPS) is 15.8. The van der Waals surface area contributed by atoms with Crippen LogP contribution in [-0.2, 0) is 23.8 Å². The van der Waals surface area contributed by atoms with Crippen molar-refractivity contribution in [1.29, 1.82) is 0 Å². The maximum Gasteiger partial charge on any atom is 0.333 e. The van der Waals surface area contributed by atoms with Gasteiger partial charge in [0.15, 0.2) is 0 Å². The highest BCUT2D eigenvalue weighted by Crippen LogP contribution is 2.09. The lowest BCUT2D eigenvalue weighted by Gasteiger charge is -1.99. The van der Waals surface area contributed by atoms with E-state index in [9.17, 15) is 9.59 Å². The summed E-state index contributed by atoms with van der Waals surface area (Å²) in [5, 5.41) is 0. The van der Waals surface area contributed by atoms with Crippen LogP contribution in [0.3, 0.4) is 0 Å². The molecule has 1 unspecified atom stereocenters. The van der Waals surface area contributed by atoms with E-state index in [4.69, 9.17) is 9.47 Å². The molecule has 0 spiro atoms. The monoisotopic (exact) mass is 256 g/mol. The summed E-state index contributed by atoms with van der Waals surface area (Å²) in [6, 6.07) is 0. The Balaban J connectivity index is 0.000000331. The van der Waals surface area contributed by atoms with Gasteiger partial charge in [0.25, 0.3) is 0 Å². The van der Waals surface area contributed by atoms with Gasteiger partial charge in [0.1, 0.15) is 12.7 Å². The first-order chi connectivity index (χ1) is 8.51. The fraction of sp³-hybridized carbons (Fsp3) is 0.538. The summed E-state index contributed by atoms with van der Waals surface area (Å²) in [5.74, 6) is -0.678. The van der Waals surface area contributed by atoms with E-state index in [1.807, 2.05) is 6.92 Å². The van der Waals surface area contributed by atoms with Crippen LogP contribution in [0.25, 0.3) is 0 Å². The van der Waals surface area contributed by atoms with Gasteiger partial charge in [-0.05, 0) is 13.3 Å². The first-order valence-electron chi connectivity index (χ1n) is 5.74. The molecule has 1 aliphatic heterocycles. The van der Waals surface area contributed by atoms with Crippen molar-refractivity contribution < 1.29 is 23.8 Å². The lowest BCUT2D eigenvalue weighted by atomic mass is 10.4. The lowest BCUT2D eigenvalue weighted by molar-refractivity contribution is -0.139. The van der Waals surface area contributed by atoms with Crippen molar-refractivity contribution >= 4 is 11.9 Å². The molecular formula is C13H20O5. The Kier molecular flexibility index (Phi) is 8.57. The molecule has 0 bridgehead atoms. The number of rotatable bonds is 6. The Morgan fingerprint density at radius 2 is 2.06 bits per heavy atom. The van der Waals surface area contributed by atoms with Gasteiger partial charge in [-0.2, -0.15) is 0 Å². The van der Waals surface area contributed by atoms with Crippen molar-refractivity contribution in [2.45, 2.75) is 26.4 Å². The van der Waals surface area contributed by atoms with Crippen molar-refractivity contribution in [2.24, 2.45) is 0 Å². The molecule has 0 aromatic heterocycles. The Morgan fingerprint density at radius 3 is 2.44 bits per heavy atom. The zero-order valence-corrected chi connectivity index (χ0v) is 10.9. The van der Waals surface area contributed by atoms with E-state index in [-0.39, 0.29) is 18.0 Å². The first-order valence-corrected chi connectivity index (χ1v) is 5.74. The Bertz CT molecular complexity index is 305. The summed E-state index contributed by atoms with van der Waals surface area (Å²) in [5.41, 5.74) is 0.431. The number of carbonyl (C=O) groups excluding carboxylic acids is 2. The number of ether oxygens (including phenoxy) is 3. The van der Waals surface area contributed by atoms with Crippen molar-refractivity contribution in [2.75, 3.05) is 19.8 Å². The van der Waals surface area contributed by atoms with Crippen LogP contribution in [0.5, 0.6) is 0 Å². The molecule has 1 rings (SSSR count). The van der Waals surface area contributed by atoms with Crippen LogP contribution in [0.1, 0.15) is 20.3 Å². The van der Waals surface area contributed by atoms with Crippen LogP contribution < -0.4 is 0 Å². The van der Waals surface area contributed by atoms with Gasteiger partial charge in [0.2, 0.25) is 0 Å². The highest BCUT2D eigenvalue weighted by Gasteiger charge is 2.24. The zero-order chi connectivity index (χ0) is 14.0. The SMILES string of the molecule is C=C(C)C(=O)OCC1CO1.C=CC(=O)OCCC. The number of esters is 2. The predicted octanol–water partition coefficient (Wildman–Crippen LogP) is 1.63. The molecule has 1 aliphatic rings. The molecule has 18 heavy (non-hydrogen) atoms. The summed E-state index contributed by atoms with van der Waals surface area (Å²) >= 11 is 0. The van der Waals surface area contributed by atoms with Crippen LogP contribution in [0.2, 0.25) is 0 Å². The number of hydrogen-bond acceptors (Lipinski definition) is 5. The van der Waals surface area contributed by atoms with Crippen LogP contribution in [0.15, 0.2) is 24.8 Å². The van der Waals surface area contributed by atoms with Gasteiger partial charge in [-0.1, -0.05) is 20.1 Å². The lowest BCUT2D eigenvalue weighted by Crippen LogP contribution is -2.09. The molecule has 0 saturated carbocycles. The van der Waals surface area contributed by atoms with Crippen molar-refractivity contribution in [1.82, 2.24) is 0 Å². The van der Waals surface area contributed by atoms with E-state index in [1.54, 1.807) is 6.92 Å². The average Bonchev–Trinajstić information content (AvgIpc) is 3.17. The fourth-order valence-corrected chi connectivity index (χ4v) is 0.718. The number of hydrogen-bond donors (Lipinski definition) is 0. The molecule has 0 radical (unpaired) electrons. The maximum atomic E-state index is 10.7. The average molecular weight is 256 g/mol. The fourth-order valence-electron chi connectivity index (χ4n) is 0.718. The molecule has 1 atom stereocenters. The molecule has 0 aromatic carbocycles. The van der Waals surface area contributed by atoms with Gasteiger partial charge in [-0.25, -0.2) is 9.59 Å². The second-order valence-corrected chi connectivity index (χ2v) is 3.71. The van der Waals surface area contributed by atoms with Crippen LogP contribution in [-0.4, -0.2) is 37.9 Å². The van der Waals surface area contributed by atoms with E-state index in [0.29, 0.717) is 25.4 Å². The quantitative estimate of drug-likeness (QED) is 0.410. The molecule has 0 aromatic rings. The predicted molar refractivity (Wildman–Crippen MR) is 67.0 cm³/mol. The largest absolute Gasteiger partial charge is 0.463 e. The van der Waals surface area contributed by atoms with Gasteiger partial charge in [-0.3, -0.25) is 0 Å². The molecule has 0 N–H and O–H groups in total. The van der Waals surface area contributed by atoms with Crippen molar-refractivity contribution in [3.63, 3.8) is 0 Å². The maximum absolute atomic E-state index is 10.7. The molecule has 1 saturated heterocycles. The molecule has 0 amide bonds. The smallest absolute Gasteiger partial charge is 0.333 e. The van der Waals surface area contributed by atoms with E-state index in [2.05, 4.69) is 17.9 Å². The minimum atomic E-state index is -0.341. The Hall–Kier alpha value is -1.62. The third kappa shape index (κ3) is 9.59. The molecule has 0 aliphatic carbocycles. The van der Waals surface area contributed by atoms with Gasteiger partial charge in [0.05, 0.1) is 13.2 Å². The van der Waals surface area contributed by atoms with E-state index >= 15 is 0 Å². The second-order valence-electron chi connectivity index (χ2n) is 3.71. The van der Waals surface area contributed by atoms with Gasteiger partial charge < -0.3 is 14.2 Å². The number of carbonyl (C=O) groups is 2. The summed E-state index contributed by atoms with van der Waals surface area (Å²) in [6.07, 6.45) is 2.16. The van der Waals surface area contributed by atoms with Crippen LogP contribution in [0.4, 0.5) is 0 Å². The van der Waals surface area contributed by atoms with Gasteiger partial charge in [0, 0.05) is 11.6 Å².